The Morgan fingerprint density at radius 1 is 0.938 bits per heavy atom. The van der Waals surface area contributed by atoms with Crippen molar-refractivity contribution < 1.29 is 13.2 Å². The standard InChI is InChI=1S/C24H21N3O3S2/c28-23(21-9-5-7-17-6-1-2-8-20(17)21)26-24-25-22(16-31-24)18-10-12-19(13-11-18)32(29,30)27-14-3-4-15-27/h1-2,5-13,16H,3-4,14-15H2,(H,25,26,28). The monoisotopic (exact) mass is 463 g/mol. The van der Waals surface area contributed by atoms with Crippen LogP contribution in [0.4, 0.5) is 5.13 Å². The SMILES string of the molecule is O=C(Nc1nc(-c2ccc(S(=O)(=O)N3CCCC3)cc2)cs1)c1cccc2ccccc12. The van der Waals surface area contributed by atoms with Gasteiger partial charge in [-0.3, -0.25) is 10.1 Å². The zero-order chi connectivity index (χ0) is 22.1. The van der Waals surface area contributed by atoms with Crippen LogP contribution in [0.1, 0.15) is 23.2 Å². The Bertz CT molecular complexity index is 1380. The summed E-state index contributed by atoms with van der Waals surface area (Å²) in [5.74, 6) is -0.213. The Morgan fingerprint density at radius 3 is 2.44 bits per heavy atom. The molecule has 4 aromatic rings. The minimum absolute atomic E-state index is 0.213. The predicted molar refractivity (Wildman–Crippen MR) is 127 cm³/mol. The Morgan fingerprint density at radius 2 is 1.66 bits per heavy atom. The van der Waals surface area contributed by atoms with Gasteiger partial charge in [-0.05, 0) is 41.8 Å². The quantitative estimate of drug-likeness (QED) is 0.452. The number of sulfonamides is 1. The third-order valence-corrected chi connectivity index (χ3v) is 8.28. The van der Waals surface area contributed by atoms with Crippen LogP contribution in [0.25, 0.3) is 22.0 Å². The first-order valence-corrected chi connectivity index (χ1v) is 12.7. The molecule has 1 amide bonds. The fourth-order valence-electron chi connectivity index (χ4n) is 3.93. The summed E-state index contributed by atoms with van der Waals surface area (Å²) in [5.41, 5.74) is 2.08. The van der Waals surface area contributed by atoms with Crippen LogP contribution in [-0.2, 0) is 10.0 Å². The topological polar surface area (TPSA) is 79.4 Å². The second-order valence-corrected chi connectivity index (χ2v) is 10.5. The number of hydrogen-bond donors (Lipinski definition) is 1. The minimum Gasteiger partial charge on any atom is -0.298 e. The van der Waals surface area contributed by atoms with Crippen molar-refractivity contribution in [3.05, 3.63) is 77.7 Å². The molecule has 5 rings (SSSR count). The van der Waals surface area contributed by atoms with E-state index in [0.717, 1.165) is 29.2 Å². The maximum Gasteiger partial charge on any atom is 0.258 e. The molecule has 3 aromatic carbocycles. The zero-order valence-corrected chi connectivity index (χ0v) is 18.8. The van der Waals surface area contributed by atoms with E-state index in [1.165, 1.54) is 15.6 Å². The number of thiazole rings is 1. The maximum absolute atomic E-state index is 12.8. The van der Waals surface area contributed by atoms with Crippen LogP contribution in [0.5, 0.6) is 0 Å². The van der Waals surface area contributed by atoms with Gasteiger partial charge in [0.15, 0.2) is 5.13 Å². The molecular formula is C24H21N3O3S2. The van der Waals surface area contributed by atoms with Gasteiger partial charge >= 0.3 is 0 Å². The van der Waals surface area contributed by atoms with Crippen LogP contribution < -0.4 is 5.32 Å². The van der Waals surface area contributed by atoms with Crippen molar-refractivity contribution in [2.75, 3.05) is 18.4 Å². The molecule has 0 saturated carbocycles. The van der Waals surface area contributed by atoms with Gasteiger partial charge in [0.05, 0.1) is 10.6 Å². The van der Waals surface area contributed by atoms with Crippen molar-refractivity contribution in [2.45, 2.75) is 17.7 Å². The van der Waals surface area contributed by atoms with Crippen LogP contribution in [0.15, 0.2) is 77.0 Å². The molecule has 0 atom stereocenters. The summed E-state index contributed by atoms with van der Waals surface area (Å²) < 4.78 is 26.9. The van der Waals surface area contributed by atoms with Crippen LogP contribution >= 0.6 is 11.3 Å². The number of rotatable bonds is 5. The maximum atomic E-state index is 12.8. The number of carbonyl (C=O) groups excluding carboxylic acids is 1. The van der Waals surface area contributed by atoms with E-state index in [0.29, 0.717) is 34.4 Å². The lowest BCUT2D eigenvalue weighted by Crippen LogP contribution is -2.27. The van der Waals surface area contributed by atoms with Gasteiger partial charge in [0.1, 0.15) is 0 Å². The number of nitrogens with one attached hydrogen (secondary N) is 1. The Labute approximate surface area is 190 Å². The summed E-state index contributed by atoms with van der Waals surface area (Å²) in [6.07, 6.45) is 1.81. The van der Waals surface area contributed by atoms with E-state index in [9.17, 15) is 13.2 Å². The third kappa shape index (κ3) is 3.92. The highest BCUT2D eigenvalue weighted by Gasteiger charge is 2.27. The van der Waals surface area contributed by atoms with Gasteiger partial charge in [-0.1, -0.05) is 48.5 Å². The van der Waals surface area contributed by atoms with Crippen molar-refractivity contribution in [1.82, 2.24) is 9.29 Å². The van der Waals surface area contributed by atoms with E-state index < -0.39 is 10.0 Å². The Kier molecular flexibility index (Phi) is 5.50. The number of benzene rings is 3. The van der Waals surface area contributed by atoms with Crippen molar-refractivity contribution >= 4 is 43.2 Å². The molecule has 0 unspecified atom stereocenters. The molecule has 0 spiro atoms. The van der Waals surface area contributed by atoms with Crippen LogP contribution in [0.2, 0.25) is 0 Å². The zero-order valence-electron chi connectivity index (χ0n) is 17.2. The molecule has 8 heteroatoms. The fourth-order valence-corrected chi connectivity index (χ4v) is 6.16. The summed E-state index contributed by atoms with van der Waals surface area (Å²) in [4.78, 5) is 17.7. The van der Waals surface area contributed by atoms with Gasteiger partial charge in [-0.25, -0.2) is 13.4 Å². The first-order chi connectivity index (χ1) is 15.5. The summed E-state index contributed by atoms with van der Waals surface area (Å²) in [5, 5.41) is 7.11. The molecule has 0 radical (unpaired) electrons. The second kappa shape index (κ2) is 8.46. The molecule has 1 aliphatic rings. The third-order valence-electron chi connectivity index (χ3n) is 5.61. The molecule has 1 fully saturated rings. The summed E-state index contributed by atoms with van der Waals surface area (Å²) in [7, 11) is -3.44. The number of nitrogens with zero attached hydrogens (tertiary/aromatic N) is 2. The molecule has 32 heavy (non-hydrogen) atoms. The van der Waals surface area contributed by atoms with Crippen molar-refractivity contribution in [3.8, 4) is 11.3 Å². The number of anilines is 1. The van der Waals surface area contributed by atoms with Crippen LogP contribution in [-0.4, -0.2) is 36.7 Å². The molecule has 0 aliphatic carbocycles. The normalized spacial score (nSPS) is 14.6. The number of fused-ring (bicyclic) bond motifs is 1. The molecule has 1 saturated heterocycles. The van der Waals surface area contributed by atoms with E-state index >= 15 is 0 Å². The van der Waals surface area contributed by atoms with E-state index in [2.05, 4.69) is 10.3 Å². The average Bonchev–Trinajstić information content (AvgIpc) is 3.52. The van der Waals surface area contributed by atoms with Gasteiger partial charge in [0.25, 0.3) is 5.91 Å². The highest BCUT2D eigenvalue weighted by molar-refractivity contribution is 7.89. The van der Waals surface area contributed by atoms with Crippen molar-refractivity contribution in [1.29, 1.82) is 0 Å². The van der Waals surface area contributed by atoms with Crippen molar-refractivity contribution in [3.63, 3.8) is 0 Å². The first kappa shape index (κ1) is 20.8. The first-order valence-electron chi connectivity index (χ1n) is 10.4. The highest BCUT2D eigenvalue weighted by Crippen LogP contribution is 2.28. The van der Waals surface area contributed by atoms with E-state index in [1.54, 1.807) is 30.3 Å². The molecule has 1 N–H and O–H groups in total. The number of aromatic nitrogens is 1. The largest absolute Gasteiger partial charge is 0.298 e. The van der Waals surface area contributed by atoms with Crippen LogP contribution in [0, 0.1) is 0 Å². The van der Waals surface area contributed by atoms with E-state index in [-0.39, 0.29) is 5.91 Å². The smallest absolute Gasteiger partial charge is 0.258 e. The van der Waals surface area contributed by atoms with E-state index in [1.807, 2.05) is 41.8 Å². The summed E-state index contributed by atoms with van der Waals surface area (Å²) >= 11 is 1.33. The van der Waals surface area contributed by atoms with E-state index in [4.69, 9.17) is 0 Å². The molecule has 2 heterocycles. The molecule has 1 aromatic heterocycles. The number of carbonyl (C=O) groups is 1. The van der Waals surface area contributed by atoms with Gasteiger partial charge < -0.3 is 0 Å². The van der Waals surface area contributed by atoms with Gasteiger partial charge in [-0.15, -0.1) is 11.3 Å². The molecule has 1 aliphatic heterocycles. The molecule has 0 bridgehead atoms. The lowest BCUT2D eigenvalue weighted by Gasteiger charge is -2.15. The lowest BCUT2D eigenvalue weighted by molar-refractivity contribution is 0.102. The Balaban J connectivity index is 1.34. The number of amides is 1. The highest BCUT2D eigenvalue weighted by atomic mass is 32.2. The molecule has 6 nitrogen and oxygen atoms in total. The minimum atomic E-state index is -3.44. The molecule has 162 valence electrons. The Hall–Kier alpha value is -3.07. The summed E-state index contributed by atoms with van der Waals surface area (Å²) in [6, 6.07) is 20.1. The average molecular weight is 464 g/mol. The van der Waals surface area contributed by atoms with Gasteiger partial charge in [0.2, 0.25) is 10.0 Å². The summed E-state index contributed by atoms with van der Waals surface area (Å²) in [6.45, 7) is 1.16. The van der Waals surface area contributed by atoms with Crippen molar-refractivity contribution in [2.24, 2.45) is 0 Å². The fraction of sp³-hybridized carbons (Fsp3) is 0.167. The molecular weight excluding hydrogens is 442 g/mol. The predicted octanol–water partition coefficient (Wildman–Crippen LogP) is 5.00. The van der Waals surface area contributed by atoms with Gasteiger partial charge in [0, 0.05) is 29.6 Å². The number of hydrogen-bond acceptors (Lipinski definition) is 5. The second-order valence-electron chi connectivity index (χ2n) is 7.65. The lowest BCUT2D eigenvalue weighted by atomic mass is 10.0. The van der Waals surface area contributed by atoms with Crippen LogP contribution in [0.3, 0.4) is 0 Å². The van der Waals surface area contributed by atoms with Gasteiger partial charge in [-0.2, -0.15) is 4.31 Å².